The first-order chi connectivity index (χ1) is 12.8. The molecule has 0 aliphatic rings. The monoisotopic (exact) mass is 401 g/mol. The van der Waals surface area contributed by atoms with Gasteiger partial charge in [-0.1, -0.05) is 30.0 Å². The lowest BCUT2D eigenvalue weighted by molar-refractivity contribution is -0.384. The number of hydrogen-bond acceptors (Lipinski definition) is 6. The summed E-state index contributed by atoms with van der Waals surface area (Å²) in [5.41, 5.74) is 1.76. The smallest absolute Gasteiger partial charge is 0.269 e. The van der Waals surface area contributed by atoms with Gasteiger partial charge in [0.15, 0.2) is 5.16 Å². The van der Waals surface area contributed by atoms with Gasteiger partial charge in [-0.3, -0.25) is 19.5 Å². The predicted octanol–water partition coefficient (Wildman–Crippen LogP) is 5.02. The number of fused-ring (bicyclic) bond motifs is 1. The molecule has 0 radical (unpaired) electrons. The van der Waals surface area contributed by atoms with Crippen LogP contribution in [0, 0.1) is 24.0 Å². The Morgan fingerprint density at radius 2 is 2.19 bits per heavy atom. The van der Waals surface area contributed by atoms with Crippen molar-refractivity contribution in [1.82, 2.24) is 9.55 Å². The van der Waals surface area contributed by atoms with E-state index in [4.69, 9.17) is 4.98 Å². The van der Waals surface area contributed by atoms with Crippen molar-refractivity contribution in [2.75, 3.05) is 0 Å². The molecule has 0 aliphatic carbocycles. The average Bonchev–Trinajstić information content (AvgIpc) is 2.92. The maximum Gasteiger partial charge on any atom is 0.269 e. The van der Waals surface area contributed by atoms with Crippen molar-refractivity contribution in [3.05, 3.63) is 73.4 Å². The van der Waals surface area contributed by atoms with Crippen LogP contribution in [0.4, 0.5) is 5.69 Å². The van der Waals surface area contributed by atoms with Crippen LogP contribution < -0.4 is 5.56 Å². The molecule has 0 amide bonds. The Kier molecular flexibility index (Phi) is 5.48. The SMILES string of the molecule is C=CCn1c(SC(C)c2cccc([N+](=O)[O-])c2)nc2sc(C)c(C)c2c1=O. The molecule has 140 valence electrons. The number of nitro benzene ring substituents is 1. The molecule has 0 saturated carbocycles. The highest BCUT2D eigenvalue weighted by molar-refractivity contribution is 7.99. The van der Waals surface area contributed by atoms with Gasteiger partial charge in [-0.2, -0.15) is 0 Å². The van der Waals surface area contributed by atoms with Gasteiger partial charge < -0.3 is 0 Å². The molecule has 0 saturated heterocycles. The second-order valence-corrected chi connectivity index (χ2v) is 8.69. The predicted molar refractivity (Wildman–Crippen MR) is 111 cm³/mol. The summed E-state index contributed by atoms with van der Waals surface area (Å²) in [7, 11) is 0. The minimum Gasteiger partial charge on any atom is -0.283 e. The summed E-state index contributed by atoms with van der Waals surface area (Å²) in [6, 6.07) is 6.55. The zero-order valence-corrected chi connectivity index (χ0v) is 16.9. The van der Waals surface area contributed by atoms with Gasteiger partial charge in [0.25, 0.3) is 11.2 Å². The standard InChI is InChI=1S/C19H19N3O3S2/c1-5-9-21-18(23)16-11(2)12(3)26-17(16)20-19(21)27-13(4)14-7-6-8-15(10-14)22(24)25/h5-8,10,13H,1,9H2,2-4H3. The number of nitro groups is 1. The van der Waals surface area contributed by atoms with Gasteiger partial charge in [0, 0.05) is 28.8 Å². The number of non-ortho nitro benzene ring substituents is 1. The van der Waals surface area contributed by atoms with Crippen molar-refractivity contribution in [1.29, 1.82) is 0 Å². The molecule has 1 aromatic carbocycles. The van der Waals surface area contributed by atoms with Gasteiger partial charge >= 0.3 is 0 Å². The highest BCUT2D eigenvalue weighted by Gasteiger charge is 2.19. The lowest BCUT2D eigenvalue weighted by atomic mass is 10.1. The van der Waals surface area contributed by atoms with Crippen molar-refractivity contribution < 1.29 is 4.92 Å². The molecule has 0 aliphatic heterocycles. The molecule has 0 fully saturated rings. The Morgan fingerprint density at radius 3 is 2.85 bits per heavy atom. The fourth-order valence-corrected chi connectivity index (χ4v) is 4.91. The van der Waals surface area contributed by atoms with Crippen LogP contribution in [0.15, 0.2) is 46.9 Å². The van der Waals surface area contributed by atoms with E-state index in [0.717, 1.165) is 20.8 Å². The number of aryl methyl sites for hydroxylation is 2. The lowest BCUT2D eigenvalue weighted by Gasteiger charge is -2.15. The van der Waals surface area contributed by atoms with E-state index in [-0.39, 0.29) is 16.5 Å². The van der Waals surface area contributed by atoms with E-state index in [1.165, 1.54) is 29.2 Å². The third-order valence-corrected chi connectivity index (χ3v) is 6.65. The molecule has 6 nitrogen and oxygen atoms in total. The largest absolute Gasteiger partial charge is 0.283 e. The Labute approximate surface area is 164 Å². The quantitative estimate of drug-likeness (QED) is 0.190. The highest BCUT2D eigenvalue weighted by Crippen LogP contribution is 2.36. The first-order valence-electron chi connectivity index (χ1n) is 8.36. The van der Waals surface area contributed by atoms with Crippen LogP contribution in [0.25, 0.3) is 10.2 Å². The topological polar surface area (TPSA) is 78.0 Å². The Balaban J connectivity index is 2.06. The third-order valence-electron chi connectivity index (χ3n) is 4.40. The maximum atomic E-state index is 13.0. The number of hydrogen-bond donors (Lipinski definition) is 0. The summed E-state index contributed by atoms with van der Waals surface area (Å²) in [5, 5.41) is 12.2. The van der Waals surface area contributed by atoms with E-state index in [1.54, 1.807) is 22.8 Å². The van der Waals surface area contributed by atoms with Crippen LogP contribution in [0.2, 0.25) is 0 Å². The van der Waals surface area contributed by atoms with E-state index >= 15 is 0 Å². The zero-order chi connectivity index (χ0) is 19.7. The minimum absolute atomic E-state index is 0.0522. The molecule has 1 unspecified atom stereocenters. The summed E-state index contributed by atoms with van der Waals surface area (Å²) < 4.78 is 1.62. The van der Waals surface area contributed by atoms with Crippen molar-refractivity contribution in [3.8, 4) is 0 Å². The number of allylic oxidation sites excluding steroid dienone is 1. The van der Waals surface area contributed by atoms with Crippen molar-refractivity contribution in [3.63, 3.8) is 0 Å². The summed E-state index contributed by atoms with van der Waals surface area (Å²) in [5.74, 6) is 0. The molecule has 8 heteroatoms. The summed E-state index contributed by atoms with van der Waals surface area (Å²) >= 11 is 2.93. The number of benzene rings is 1. The molecule has 2 heterocycles. The Bertz CT molecular complexity index is 1100. The molecule has 0 spiro atoms. The van der Waals surface area contributed by atoms with Gasteiger partial charge in [0.1, 0.15) is 4.83 Å². The van der Waals surface area contributed by atoms with Gasteiger partial charge in [0.2, 0.25) is 0 Å². The second-order valence-electron chi connectivity index (χ2n) is 6.17. The van der Waals surface area contributed by atoms with Crippen molar-refractivity contribution in [2.24, 2.45) is 0 Å². The number of nitrogens with zero attached hydrogens (tertiary/aromatic N) is 3. The highest BCUT2D eigenvalue weighted by atomic mass is 32.2. The van der Waals surface area contributed by atoms with Crippen molar-refractivity contribution in [2.45, 2.75) is 37.7 Å². The van der Waals surface area contributed by atoms with Gasteiger partial charge in [-0.05, 0) is 31.9 Å². The second kappa shape index (κ2) is 7.66. The summed E-state index contributed by atoms with van der Waals surface area (Å²) in [4.78, 5) is 30.2. The summed E-state index contributed by atoms with van der Waals surface area (Å²) in [6.07, 6.45) is 1.67. The van der Waals surface area contributed by atoms with E-state index in [1.807, 2.05) is 26.8 Å². The molecule has 3 rings (SSSR count). The zero-order valence-electron chi connectivity index (χ0n) is 15.3. The first-order valence-corrected chi connectivity index (χ1v) is 10.1. The molecule has 0 bridgehead atoms. The Morgan fingerprint density at radius 1 is 1.44 bits per heavy atom. The normalized spacial score (nSPS) is 12.3. The van der Waals surface area contributed by atoms with E-state index in [9.17, 15) is 14.9 Å². The van der Waals surface area contributed by atoms with Crippen LogP contribution in [0.3, 0.4) is 0 Å². The van der Waals surface area contributed by atoms with Gasteiger partial charge in [-0.15, -0.1) is 17.9 Å². The average molecular weight is 402 g/mol. The fourth-order valence-electron chi connectivity index (χ4n) is 2.81. The van der Waals surface area contributed by atoms with Crippen LogP contribution in [-0.4, -0.2) is 14.5 Å². The number of thiophene rings is 1. The third kappa shape index (κ3) is 3.68. The fraction of sp³-hybridized carbons (Fsp3) is 0.263. The molecule has 27 heavy (non-hydrogen) atoms. The van der Waals surface area contributed by atoms with Crippen LogP contribution in [0.5, 0.6) is 0 Å². The maximum absolute atomic E-state index is 13.0. The number of thioether (sulfide) groups is 1. The van der Waals surface area contributed by atoms with E-state index in [2.05, 4.69) is 6.58 Å². The van der Waals surface area contributed by atoms with Crippen LogP contribution >= 0.6 is 23.1 Å². The minimum atomic E-state index is -0.407. The summed E-state index contributed by atoms with van der Waals surface area (Å²) in [6.45, 7) is 9.98. The molecular weight excluding hydrogens is 382 g/mol. The molecular formula is C19H19N3O3S2. The van der Waals surface area contributed by atoms with Gasteiger partial charge in [-0.25, -0.2) is 4.98 Å². The molecule has 1 atom stereocenters. The van der Waals surface area contributed by atoms with Gasteiger partial charge in [0.05, 0.1) is 10.3 Å². The van der Waals surface area contributed by atoms with Crippen LogP contribution in [-0.2, 0) is 6.54 Å². The van der Waals surface area contributed by atoms with E-state index < -0.39 is 4.92 Å². The lowest BCUT2D eigenvalue weighted by Crippen LogP contribution is -2.22. The molecule has 3 aromatic rings. The van der Waals surface area contributed by atoms with E-state index in [0.29, 0.717) is 17.1 Å². The van der Waals surface area contributed by atoms with Crippen molar-refractivity contribution >= 4 is 39.0 Å². The van der Waals surface area contributed by atoms with Crippen LogP contribution in [0.1, 0.15) is 28.2 Å². The first kappa shape index (κ1) is 19.3. The number of rotatable bonds is 6. The Hall–Kier alpha value is -2.45. The number of aromatic nitrogens is 2. The molecule has 0 N–H and O–H groups in total. The molecule has 2 aromatic heterocycles.